The third-order valence-corrected chi connectivity index (χ3v) is 1.72. The van der Waals surface area contributed by atoms with Crippen LogP contribution < -0.4 is 0 Å². The van der Waals surface area contributed by atoms with Crippen LogP contribution in [0.15, 0.2) is 0 Å². The minimum atomic E-state index is 0.143. The summed E-state index contributed by atoms with van der Waals surface area (Å²) < 4.78 is 10.0. The van der Waals surface area contributed by atoms with E-state index >= 15 is 0 Å². The van der Waals surface area contributed by atoms with Crippen molar-refractivity contribution in [2.75, 3.05) is 25.7 Å². The average Bonchev–Trinajstić information content (AvgIpc) is 2.01. The topological polar surface area (TPSA) is 18.5 Å². The largest absolute Gasteiger partial charge is 0.359 e. The number of methoxy groups -OCH3 is 1. The van der Waals surface area contributed by atoms with Crippen LogP contribution in [0.25, 0.3) is 0 Å². The van der Waals surface area contributed by atoms with Crippen LogP contribution in [-0.4, -0.2) is 31.8 Å². The van der Waals surface area contributed by atoms with Gasteiger partial charge in [0, 0.05) is 18.9 Å². The molecule has 0 aromatic rings. The van der Waals surface area contributed by atoms with Gasteiger partial charge in [0.25, 0.3) is 0 Å². The van der Waals surface area contributed by atoms with Gasteiger partial charge < -0.3 is 9.47 Å². The van der Waals surface area contributed by atoms with E-state index in [0.717, 1.165) is 12.8 Å². The van der Waals surface area contributed by atoms with Gasteiger partial charge in [-0.1, -0.05) is 0 Å². The molecule has 4 heteroatoms. The molecule has 0 rings (SSSR count). The van der Waals surface area contributed by atoms with Gasteiger partial charge in [-0.05, 0) is 12.8 Å². The zero-order valence-electron chi connectivity index (χ0n) is 6.69. The molecule has 0 bridgehead atoms. The number of rotatable bonds is 7. The van der Waals surface area contributed by atoms with Crippen LogP contribution in [0.5, 0.6) is 0 Å². The molecule has 0 N–H and O–H groups in total. The molecule has 0 heterocycles. The predicted molar refractivity (Wildman–Crippen MR) is 47.4 cm³/mol. The lowest BCUT2D eigenvalue weighted by molar-refractivity contribution is -0.0728. The highest BCUT2D eigenvalue weighted by Gasteiger charge is 2.06. The van der Waals surface area contributed by atoms with Gasteiger partial charge >= 0.3 is 0 Å². The summed E-state index contributed by atoms with van der Waals surface area (Å²) in [5.74, 6) is 1.20. The Kier molecular flexibility index (Phi) is 8.99. The van der Waals surface area contributed by atoms with E-state index in [-0.39, 0.29) is 6.10 Å². The van der Waals surface area contributed by atoms with Crippen molar-refractivity contribution in [1.82, 2.24) is 0 Å². The van der Waals surface area contributed by atoms with Crippen molar-refractivity contribution in [2.24, 2.45) is 0 Å². The van der Waals surface area contributed by atoms with Gasteiger partial charge in [0.05, 0.1) is 6.10 Å². The van der Waals surface area contributed by atoms with Crippen molar-refractivity contribution in [3.63, 3.8) is 0 Å². The zero-order chi connectivity index (χ0) is 8.53. The third kappa shape index (κ3) is 6.88. The first-order valence-electron chi connectivity index (χ1n) is 3.57. The Bertz CT molecular complexity index is 74.8. The van der Waals surface area contributed by atoms with Gasteiger partial charge in [-0.25, -0.2) is 0 Å². The molecule has 0 saturated heterocycles. The monoisotopic (exact) mass is 200 g/mol. The SMILES string of the molecule is COCOC(CCCl)CCCl. The second kappa shape index (κ2) is 8.60. The van der Waals surface area contributed by atoms with Crippen LogP contribution in [0.2, 0.25) is 0 Å². The lowest BCUT2D eigenvalue weighted by Crippen LogP contribution is -2.15. The van der Waals surface area contributed by atoms with Crippen molar-refractivity contribution < 1.29 is 9.47 Å². The quantitative estimate of drug-likeness (QED) is 0.464. The molecule has 11 heavy (non-hydrogen) atoms. The van der Waals surface area contributed by atoms with E-state index in [4.69, 9.17) is 32.7 Å². The number of hydrogen-bond acceptors (Lipinski definition) is 2. The van der Waals surface area contributed by atoms with Crippen molar-refractivity contribution in [2.45, 2.75) is 18.9 Å². The maximum absolute atomic E-state index is 5.55. The van der Waals surface area contributed by atoms with E-state index in [1.807, 2.05) is 0 Å². The molecule has 0 unspecified atom stereocenters. The summed E-state index contributed by atoms with van der Waals surface area (Å²) in [7, 11) is 1.60. The molecule has 0 aromatic carbocycles. The zero-order valence-corrected chi connectivity index (χ0v) is 8.20. The Morgan fingerprint density at radius 3 is 2.09 bits per heavy atom. The first-order valence-corrected chi connectivity index (χ1v) is 4.64. The van der Waals surface area contributed by atoms with Gasteiger partial charge in [-0.15, -0.1) is 23.2 Å². The summed E-state index contributed by atoms with van der Waals surface area (Å²) in [5.41, 5.74) is 0. The summed E-state index contributed by atoms with van der Waals surface area (Å²) in [6.45, 7) is 0.318. The molecule has 0 aliphatic heterocycles. The van der Waals surface area contributed by atoms with E-state index in [1.165, 1.54) is 0 Å². The Morgan fingerprint density at radius 2 is 1.73 bits per heavy atom. The fraction of sp³-hybridized carbons (Fsp3) is 1.00. The molecule has 0 atom stereocenters. The molecule has 0 radical (unpaired) electrons. The average molecular weight is 201 g/mol. The van der Waals surface area contributed by atoms with Gasteiger partial charge in [-0.2, -0.15) is 0 Å². The van der Waals surface area contributed by atoms with E-state index in [1.54, 1.807) is 7.11 Å². The fourth-order valence-electron chi connectivity index (χ4n) is 0.719. The van der Waals surface area contributed by atoms with Crippen molar-refractivity contribution >= 4 is 23.2 Å². The van der Waals surface area contributed by atoms with Crippen LogP contribution in [-0.2, 0) is 9.47 Å². The van der Waals surface area contributed by atoms with Crippen LogP contribution >= 0.6 is 23.2 Å². The molecule has 0 saturated carbocycles. The Balaban J connectivity index is 3.34. The molecular formula is C7H14Cl2O2. The summed E-state index contributed by atoms with van der Waals surface area (Å²) in [6.07, 6.45) is 1.81. The van der Waals surface area contributed by atoms with Gasteiger partial charge in [0.1, 0.15) is 6.79 Å². The highest BCUT2D eigenvalue weighted by atomic mass is 35.5. The molecule has 2 nitrogen and oxygen atoms in total. The summed E-state index contributed by atoms with van der Waals surface area (Å²) >= 11 is 11.1. The second-order valence-corrected chi connectivity index (χ2v) is 2.91. The van der Waals surface area contributed by atoms with Crippen LogP contribution in [0.3, 0.4) is 0 Å². The third-order valence-electron chi connectivity index (χ3n) is 1.28. The Morgan fingerprint density at radius 1 is 1.18 bits per heavy atom. The fourth-order valence-corrected chi connectivity index (χ4v) is 1.21. The highest BCUT2D eigenvalue weighted by molar-refractivity contribution is 6.18. The van der Waals surface area contributed by atoms with Gasteiger partial charge in [-0.3, -0.25) is 0 Å². The lowest BCUT2D eigenvalue weighted by Gasteiger charge is -2.14. The highest BCUT2D eigenvalue weighted by Crippen LogP contribution is 2.06. The Hall–Kier alpha value is 0.500. The lowest BCUT2D eigenvalue weighted by atomic mass is 10.2. The number of ether oxygens (including phenoxy) is 2. The van der Waals surface area contributed by atoms with Crippen molar-refractivity contribution in [3.8, 4) is 0 Å². The second-order valence-electron chi connectivity index (χ2n) is 2.15. The molecule has 0 aliphatic carbocycles. The molecule has 68 valence electrons. The standard InChI is InChI=1S/C7H14Cl2O2/c1-10-6-11-7(2-4-8)3-5-9/h7H,2-6H2,1H3. The van der Waals surface area contributed by atoms with Crippen LogP contribution in [0.4, 0.5) is 0 Å². The van der Waals surface area contributed by atoms with E-state index < -0.39 is 0 Å². The summed E-state index contributed by atoms with van der Waals surface area (Å²) in [4.78, 5) is 0. The van der Waals surface area contributed by atoms with E-state index in [0.29, 0.717) is 18.6 Å². The minimum absolute atomic E-state index is 0.143. The number of alkyl halides is 2. The normalized spacial score (nSPS) is 10.9. The molecule has 0 amide bonds. The molecule has 0 spiro atoms. The number of hydrogen-bond donors (Lipinski definition) is 0. The summed E-state index contributed by atoms with van der Waals surface area (Å²) in [5, 5.41) is 0. The minimum Gasteiger partial charge on any atom is -0.359 e. The van der Waals surface area contributed by atoms with Crippen LogP contribution in [0.1, 0.15) is 12.8 Å². The van der Waals surface area contributed by atoms with E-state index in [9.17, 15) is 0 Å². The first-order chi connectivity index (χ1) is 5.35. The first kappa shape index (κ1) is 11.5. The van der Waals surface area contributed by atoms with Gasteiger partial charge in [0.15, 0.2) is 0 Å². The van der Waals surface area contributed by atoms with Crippen molar-refractivity contribution in [1.29, 1.82) is 0 Å². The smallest absolute Gasteiger partial charge is 0.146 e. The maximum Gasteiger partial charge on any atom is 0.146 e. The van der Waals surface area contributed by atoms with Crippen molar-refractivity contribution in [3.05, 3.63) is 0 Å². The van der Waals surface area contributed by atoms with E-state index in [2.05, 4.69) is 0 Å². The summed E-state index contributed by atoms with van der Waals surface area (Å²) in [6, 6.07) is 0. The maximum atomic E-state index is 5.55. The molecule has 0 aliphatic rings. The molecule has 0 aromatic heterocycles. The number of halogens is 2. The van der Waals surface area contributed by atoms with Crippen LogP contribution in [0, 0.1) is 0 Å². The Labute approximate surface area is 77.8 Å². The molecular weight excluding hydrogens is 187 g/mol. The van der Waals surface area contributed by atoms with Gasteiger partial charge in [0.2, 0.25) is 0 Å². The predicted octanol–water partition coefficient (Wildman–Crippen LogP) is 2.23. The molecule has 0 fully saturated rings.